The minimum atomic E-state index is -0.238. The van der Waals surface area contributed by atoms with Gasteiger partial charge in [-0.05, 0) is 52.2 Å². The highest BCUT2D eigenvalue weighted by molar-refractivity contribution is 6.03. The summed E-state index contributed by atoms with van der Waals surface area (Å²) in [6.07, 6.45) is 0.982. The van der Waals surface area contributed by atoms with Gasteiger partial charge in [-0.2, -0.15) is 0 Å². The maximum atomic E-state index is 12.3. The molecule has 6 nitrogen and oxygen atoms in total. The zero-order valence-electron chi connectivity index (χ0n) is 13.8. The number of nitrogens with one attached hydrogen (secondary N) is 2. The van der Waals surface area contributed by atoms with Crippen LogP contribution in [0.4, 0.5) is 11.6 Å². The molecule has 23 heavy (non-hydrogen) atoms. The molecule has 0 saturated heterocycles. The Bertz CT molecular complexity index is 643. The number of amides is 1. The zero-order valence-corrected chi connectivity index (χ0v) is 13.8. The van der Waals surface area contributed by atoms with E-state index in [1.807, 2.05) is 51.4 Å². The lowest BCUT2D eigenvalue weighted by atomic mass is 10.3. The molecule has 0 spiro atoms. The highest BCUT2D eigenvalue weighted by Crippen LogP contribution is 2.10. The number of carbonyl (C=O) groups is 1. The van der Waals surface area contributed by atoms with Crippen molar-refractivity contribution in [3.05, 3.63) is 47.8 Å². The van der Waals surface area contributed by atoms with Crippen molar-refractivity contribution in [3.8, 4) is 0 Å². The van der Waals surface area contributed by atoms with Gasteiger partial charge in [-0.1, -0.05) is 18.2 Å². The second kappa shape index (κ2) is 8.24. The molecule has 0 unspecified atom stereocenters. The molecule has 2 N–H and O–H groups in total. The van der Waals surface area contributed by atoms with Crippen LogP contribution in [0, 0.1) is 6.92 Å². The number of nitrogens with zero attached hydrogens (tertiary/aromatic N) is 3. The monoisotopic (exact) mass is 313 g/mol. The average Bonchev–Trinajstić information content (AvgIpc) is 2.52. The van der Waals surface area contributed by atoms with Gasteiger partial charge in [0, 0.05) is 17.9 Å². The van der Waals surface area contributed by atoms with Crippen LogP contribution >= 0.6 is 0 Å². The second-order valence-electron chi connectivity index (χ2n) is 5.62. The van der Waals surface area contributed by atoms with Crippen LogP contribution in [-0.2, 0) is 0 Å². The topological polar surface area (TPSA) is 70.2 Å². The minimum Gasteiger partial charge on any atom is -0.354 e. The number of para-hydroxylation sites is 1. The van der Waals surface area contributed by atoms with Crippen molar-refractivity contribution in [2.75, 3.05) is 37.8 Å². The first-order valence-electron chi connectivity index (χ1n) is 7.65. The largest absolute Gasteiger partial charge is 0.354 e. The van der Waals surface area contributed by atoms with Crippen LogP contribution in [0.25, 0.3) is 0 Å². The van der Waals surface area contributed by atoms with Gasteiger partial charge < -0.3 is 15.5 Å². The van der Waals surface area contributed by atoms with Crippen LogP contribution in [0.1, 0.15) is 22.6 Å². The summed E-state index contributed by atoms with van der Waals surface area (Å²) in [5.74, 6) is 0.250. The normalized spacial score (nSPS) is 10.6. The molecule has 2 rings (SSSR count). The van der Waals surface area contributed by atoms with Crippen molar-refractivity contribution in [1.82, 2.24) is 14.9 Å². The molecule has 122 valence electrons. The van der Waals surface area contributed by atoms with Crippen molar-refractivity contribution in [3.63, 3.8) is 0 Å². The lowest BCUT2D eigenvalue weighted by Gasteiger charge is -2.11. The molecule has 6 heteroatoms. The lowest BCUT2D eigenvalue weighted by molar-refractivity contribution is 0.102. The zero-order chi connectivity index (χ0) is 16.7. The molecule has 0 aliphatic carbocycles. The Balaban J connectivity index is 2.00. The summed E-state index contributed by atoms with van der Waals surface area (Å²) in [5.41, 5.74) is 1.86. The molecule has 1 heterocycles. The number of rotatable bonds is 7. The summed E-state index contributed by atoms with van der Waals surface area (Å²) >= 11 is 0. The summed E-state index contributed by atoms with van der Waals surface area (Å²) in [6, 6.07) is 11.0. The molecule has 0 fully saturated rings. The van der Waals surface area contributed by atoms with Gasteiger partial charge in [0.05, 0.1) is 0 Å². The van der Waals surface area contributed by atoms with Crippen LogP contribution in [0.15, 0.2) is 36.4 Å². The molecule has 0 aliphatic rings. The molecule has 2 aromatic rings. The fourth-order valence-corrected chi connectivity index (χ4v) is 2.08. The van der Waals surface area contributed by atoms with Crippen LogP contribution < -0.4 is 10.6 Å². The van der Waals surface area contributed by atoms with Crippen molar-refractivity contribution in [1.29, 1.82) is 0 Å². The molecule has 1 aromatic heterocycles. The first-order chi connectivity index (χ1) is 11.0. The van der Waals surface area contributed by atoms with Gasteiger partial charge in [-0.15, -0.1) is 0 Å². The van der Waals surface area contributed by atoms with E-state index in [1.165, 1.54) is 0 Å². The smallest absolute Gasteiger partial charge is 0.274 e. The molecule has 1 amide bonds. The van der Waals surface area contributed by atoms with E-state index in [9.17, 15) is 4.79 Å². The van der Waals surface area contributed by atoms with Crippen molar-refractivity contribution < 1.29 is 4.79 Å². The Kier molecular flexibility index (Phi) is 6.05. The van der Waals surface area contributed by atoms with Crippen molar-refractivity contribution in [2.24, 2.45) is 0 Å². The van der Waals surface area contributed by atoms with Crippen molar-refractivity contribution >= 4 is 17.5 Å². The maximum absolute atomic E-state index is 12.3. The Morgan fingerprint density at radius 3 is 2.61 bits per heavy atom. The highest BCUT2D eigenvalue weighted by Gasteiger charge is 2.10. The molecule has 0 atom stereocenters. The first kappa shape index (κ1) is 16.9. The van der Waals surface area contributed by atoms with Crippen LogP contribution in [-0.4, -0.2) is 48.0 Å². The summed E-state index contributed by atoms with van der Waals surface area (Å²) in [4.78, 5) is 23.0. The molecule has 0 saturated carbocycles. The average molecular weight is 313 g/mol. The molecule has 0 aliphatic heterocycles. The van der Waals surface area contributed by atoms with E-state index in [0.29, 0.717) is 11.6 Å². The van der Waals surface area contributed by atoms with Gasteiger partial charge in [0.1, 0.15) is 5.69 Å². The number of anilines is 2. The lowest BCUT2D eigenvalue weighted by Crippen LogP contribution is -2.18. The highest BCUT2D eigenvalue weighted by atomic mass is 16.1. The number of benzene rings is 1. The summed E-state index contributed by atoms with van der Waals surface area (Å²) < 4.78 is 0. The quantitative estimate of drug-likeness (QED) is 0.768. The Hall–Kier alpha value is -2.47. The van der Waals surface area contributed by atoms with Gasteiger partial charge in [-0.25, -0.2) is 9.97 Å². The standard InChI is InChI=1S/C17H23N5O/c1-13-12-15(16(23)20-14-8-5-4-6-9-14)21-17(19-13)18-10-7-11-22(2)3/h4-6,8-9,12H,7,10-11H2,1-3H3,(H,20,23)(H,18,19,21). The first-order valence-corrected chi connectivity index (χ1v) is 7.65. The number of hydrogen-bond acceptors (Lipinski definition) is 5. The minimum absolute atomic E-state index is 0.238. The molecular formula is C17H23N5O. The van der Waals surface area contributed by atoms with E-state index >= 15 is 0 Å². The van der Waals surface area contributed by atoms with E-state index in [-0.39, 0.29) is 5.91 Å². The van der Waals surface area contributed by atoms with E-state index < -0.39 is 0 Å². The fourth-order valence-electron chi connectivity index (χ4n) is 2.08. The van der Waals surface area contributed by atoms with Gasteiger partial charge >= 0.3 is 0 Å². The van der Waals surface area contributed by atoms with E-state index in [2.05, 4.69) is 25.5 Å². The Morgan fingerprint density at radius 1 is 1.17 bits per heavy atom. The number of carbonyl (C=O) groups excluding carboxylic acids is 1. The molecular weight excluding hydrogens is 290 g/mol. The van der Waals surface area contributed by atoms with Crippen LogP contribution in [0.5, 0.6) is 0 Å². The van der Waals surface area contributed by atoms with Gasteiger partial charge in [0.2, 0.25) is 5.95 Å². The maximum Gasteiger partial charge on any atom is 0.274 e. The Morgan fingerprint density at radius 2 is 1.91 bits per heavy atom. The predicted octanol–water partition coefficient (Wildman–Crippen LogP) is 2.40. The van der Waals surface area contributed by atoms with E-state index in [4.69, 9.17) is 0 Å². The Labute approximate surface area is 137 Å². The van der Waals surface area contributed by atoms with Crippen LogP contribution in [0.2, 0.25) is 0 Å². The van der Waals surface area contributed by atoms with Gasteiger partial charge in [-0.3, -0.25) is 4.79 Å². The third-order valence-electron chi connectivity index (χ3n) is 3.18. The van der Waals surface area contributed by atoms with E-state index in [1.54, 1.807) is 6.07 Å². The van der Waals surface area contributed by atoms with Gasteiger partial charge in [0.25, 0.3) is 5.91 Å². The van der Waals surface area contributed by atoms with Crippen molar-refractivity contribution in [2.45, 2.75) is 13.3 Å². The number of aryl methyl sites for hydroxylation is 1. The SMILES string of the molecule is Cc1cc(C(=O)Nc2ccccc2)nc(NCCCN(C)C)n1. The third kappa shape index (κ3) is 5.67. The van der Waals surface area contributed by atoms with E-state index in [0.717, 1.165) is 30.9 Å². The second-order valence-corrected chi connectivity index (χ2v) is 5.62. The molecule has 0 bridgehead atoms. The number of aromatic nitrogens is 2. The summed E-state index contributed by atoms with van der Waals surface area (Å²) in [5, 5.41) is 6.00. The fraction of sp³-hybridized carbons (Fsp3) is 0.353. The molecule has 0 radical (unpaired) electrons. The molecule has 1 aromatic carbocycles. The summed E-state index contributed by atoms with van der Waals surface area (Å²) in [6.45, 7) is 3.60. The number of hydrogen-bond donors (Lipinski definition) is 2. The third-order valence-corrected chi connectivity index (χ3v) is 3.18. The van der Waals surface area contributed by atoms with Gasteiger partial charge in [0.15, 0.2) is 0 Å². The predicted molar refractivity (Wildman–Crippen MR) is 92.8 cm³/mol. The van der Waals surface area contributed by atoms with Crippen LogP contribution in [0.3, 0.4) is 0 Å². The summed E-state index contributed by atoms with van der Waals surface area (Å²) in [7, 11) is 4.07.